The lowest BCUT2D eigenvalue weighted by molar-refractivity contribution is -0.158. The second-order valence-electron chi connectivity index (χ2n) is 5.54. The molecule has 0 bridgehead atoms. The fraction of sp³-hybridized carbons (Fsp3) is 0.562. The van der Waals surface area contributed by atoms with Gasteiger partial charge in [-0.1, -0.05) is 18.2 Å². The van der Waals surface area contributed by atoms with Crippen molar-refractivity contribution in [2.75, 3.05) is 39.9 Å². The number of hydrogen-bond donors (Lipinski definition) is 1. The van der Waals surface area contributed by atoms with Crippen LogP contribution in [-0.2, 0) is 15.1 Å². The van der Waals surface area contributed by atoms with E-state index in [0.717, 1.165) is 43.9 Å². The zero-order valence-corrected chi connectivity index (χ0v) is 12.4. The predicted molar refractivity (Wildman–Crippen MR) is 79.3 cm³/mol. The molecule has 1 fully saturated rings. The van der Waals surface area contributed by atoms with Crippen molar-refractivity contribution >= 4 is 5.97 Å². The third-order valence-corrected chi connectivity index (χ3v) is 4.46. The van der Waals surface area contributed by atoms with Crippen molar-refractivity contribution in [3.05, 3.63) is 29.8 Å². The summed E-state index contributed by atoms with van der Waals surface area (Å²) in [6.45, 7) is 4.14. The molecule has 0 amide bonds. The molecular formula is C16H22N2O3. The van der Waals surface area contributed by atoms with Gasteiger partial charge in [0.25, 0.3) is 0 Å². The van der Waals surface area contributed by atoms with E-state index in [4.69, 9.17) is 9.47 Å². The first-order valence-electron chi connectivity index (χ1n) is 7.55. The standard InChI is InChI=1S/C16H22N2O3/c1-20-15(19)16(18-10-4-8-17-9-11-18)7-12-21-14-6-3-2-5-13(14)16/h2-3,5-6,17H,4,7-12H2,1H3. The molecule has 0 spiro atoms. The Labute approximate surface area is 125 Å². The maximum absolute atomic E-state index is 12.7. The van der Waals surface area contributed by atoms with Crippen LogP contribution in [-0.4, -0.2) is 50.8 Å². The van der Waals surface area contributed by atoms with Crippen LogP contribution in [0.1, 0.15) is 18.4 Å². The molecule has 3 rings (SSSR count). The number of nitrogens with one attached hydrogen (secondary N) is 1. The lowest BCUT2D eigenvalue weighted by Gasteiger charge is -2.44. The Morgan fingerprint density at radius 1 is 1.33 bits per heavy atom. The highest BCUT2D eigenvalue weighted by molar-refractivity contribution is 5.84. The topological polar surface area (TPSA) is 50.8 Å². The van der Waals surface area contributed by atoms with Crippen LogP contribution in [0, 0.1) is 0 Å². The zero-order chi connectivity index (χ0) is 14.7. The number of esters is 1. The number of carbonyl (C=O) groups excluding carboxylic acids is 1. The van der Waals surface area contributed by atoms with Crippen LogP contribution in [0.3, 0.4) is 0 Å². The first-order valence-corrected chi connectivity index (χ1v) is 7.55. The molecule has 0 aromatic heterocycles. The van der Waals surface area contributed by atoms with Gasteiger partial charge in [0.2, 0.25) is 0 Å². The minimum Gasteiger partial charge on any atom is -0.493 e. The summed E-state index contributed by atoms with van der Waals surface area (Å²) in [6.07, 6.45) is 1.67. The molecular weight excluding hydrogens is 268 g/mol. The van der Waals surface area contributed by atoms with E-state index in [1.165, 1.54) is 7.11 Å². The van der Waals surface area contributed by atoms with Crippen molar-refractivity contribution in [3.8, 4) is 5.75 Å². The van der Waals surface area contributed by atoms with E-state index < -0.39 is 5.54 Å². The summed E-state index contributed by atoms with van der Waals surface area (Å²) in [6, 6.07) is 7.82. The molecule has 1 saturated heterocycles. The van der Waals surface area contributed by atoms with Crippen molar-refractivity contribution in [1.82, 2.24) is 10.2 Å². The van der Waals surface area contributed by atoms with Gasteiger partial charge in [-0.25, -0.2) is 4.79 Å². The van der Waals surface area contributed by atoms with Gasteiger partial charge in [0.15, 0.2) is 5.54 Å². The monoisotopic (exact) mass is 290 g/mol. The normalized spacial score (nSPS) is 26.3. The molecule has 0 aliphatic carbocycles. The fourth-order valence-corrected chi connectivity index (χ4v) is 3.44. The lowest BCUT2D eigenvalue weighted by Crippen LogP contribution is -2.56. The summed E-state index contributed by atoms with van der Waals surface area (Å²) in [4.78, 5) is 15.0. The Morgan fingerprint density at radius 3 is 3.05 bits per heavy atom. The van der Waals surface area contributed by atoms with E-state index in [1.807, 2.05) is 24.3 Å². The minimum absolute atomic E-state index is 0.180. The average Bonchev–Trinajstić information content (AvgIpc) is 2.83. The smallest absolute Gasteiger partial charge is 0.331 e. The van der Waals surface area contributed by atoms with E-state index in [2.05, 4.69) is 10.2 Å². The van der Waals surface area contributed by atoms with Crippen LogP contribution in [0.25, 0.3) is 0 Å². The van der Waals surface area contributed by atoms with E-state index in [9.17, 15) is 4.79 Å². The summed E-state index contributed by atoms with van der Waals surface area (Å²) >= 11 is 0. The molecule has 1 aromatic rings. The molecule has 2 aliphatic rings. The van der Waals surface area contributed by atoms with Crippen molar-refractivity contribution < 1.29 is 14.3 Å². The third kappa shape index (κ3) is 2.40. The Morgan fingerprint density at radius 2 is 2.19 bits per heavy atom. The van der Waals surface area contributed by atoms with Gasteiger partial charge in [0.05, 0.1) is 13.7 Å². The van der Waals surface area contributed by atoms with Gasteiger partial charge in [-0.15, -0.1) is 0 Å². The Kier molecular flexibility index (Phi) is 4.12. The van der Waals surface area contributed by atoms with E-state index in [0.29, 0.717) is 13.0 Å². The van der Waals surface area contributed by atoms with Crippen LogP contribution in [0.15, 0.2) is 24.3 Å². The van der Waals surface area contributed by atoms with Crippen molar-refractivity contribution in [2.45, 2.75) is 18.4 Å². The minimum atomic E-state index is -0.713. The molecule has 114 valence electrons. The van der Waals surface area contributed by atoms with Crippen LogP contribution in [0.4, 0.5) is 0 Å². The van der Waals surface area contributed by atoms with Gasteiger partial charge in [0.1, 0.15) is 5.75 Å². The second-order valence-corrected chi connectivity index (χ2v) is 5.54. The number of benzene rings is 1. The highest BCUT2D eigenvalue weighted by Gasteiger charge is 2.50. The molecule has 21 heavy (non-hydrogen) atoms. The number of hydrogen-bond acceptors (Lipinski definition) is 5. The maximum atomic E-state index is 12.7. The molecule has 0 saturated carbocycles. The maximum Gasteiger partial charge on any atom is 0.331 e. The van der Waals surface area contributed by atoms with E-state index in [1.54, 1.807) is 0 Å². The summed E-state index contributed by atoms with van der Waals surface area (Å²) in [5, 5.41) is 3.39. The number of ether oxygens (including phenoxy) is 2. The van der Waals surface area contributed by atoms with Gasteiger partial charge in [0, 0.05) is 31.6 Å². The molecule has 2 aliphatic heterocycles. The molecule has 1 unspecified atom stereocenters. The van der Waals surface area contributed by atoms with Crippen molar-refractivity contribution in [2.24, 2.45) is 0 Å². The van der Waals surface area contributed by atoms with Crippen LogP contribution in [0.2, 0.25) is 0 Å². The van der Waals surface area contributed by atoms with Crippen LogP contribution >= 0.6 is 0 Å². The largest absolute Gasteiger partial charge is 0.493 e. The van der Waals surface area contributed by atoms with Gasteiger partial charge >= 0.3 is 5.97 Å². The summed E-state index contributed by atoms with van der Waals surface area (Å²) in [5.74, 6) is 0.617. The summed E-state index contributed by atoms with van der Waals surface area (Å²) in [5.41, 5.74) is 0.223. The highest BCUT2D eigenvalue weighted by Crippen LogP contribution is 2.42. The highest BCUT2D eigenvalue weighted by atomic mass is 16.5. The van der Waals surface area contributed by atoms with Gasteiger partial charge in [-0.2, -0.15) is 0 Å². The molecule has 1 aromatic carbocycles. The molecule has 5 nitrogen and oxygen atoms in total. The van der Waals surface area contributed by atoms with Gasteiger partial charge < -0.3 is 14.8 Å². The van der Waals surface area contributed by atoms with Gasteiger partial charge in [-0.3, -0.25) is 4.90 Å². The number of nitrogens with zero attached hydrogens (tertiary/aromatic N) is 1. The van der Waals surface area contributed by atoms with E-state index >= 15 is 0 Å². The SMILES string of the molecule is COC(=O)C1(N2CCCNCC2)CCOc2ccccc21. The Balaban J connectivity index is 2.08. The molecule has 1 N–H and O–H groups in total. The number of carbonyl (C=O) groups is 1. The van der Waals surface area contributed by atoms with Gasteiger partial charge in [-0.05, 0) is 19.0 Å². The average molecular weight is 290 g/mol. The third-order valence-electron chi connectivity index (χ3n) is 4.46. The van der Waals surface area contributed by atoms with Crippen LogP contribution in [0.5, 0.6) is 5.75 Å². The molecule has 0 radical (unpaired) electrons. The predicted octanol–water partition coefficient (Wildman–Crippen LogP) is 1.13. The summed E-state index contributed by atoms with van der Waals surface area (Å²) < 4.78 is 10.9. The fourth-order valence-electron chi connectivity index (χ4n) is 3.44. The number of para-hydroxylation sites is 1. The first-order chi connectivity index (χ1) is 10.3. The Hall–Kier alpha value is -1.59. The lowest BCUT2D eigenvalue weighted by atomic mass is 9.82. The first kappa shape index (κ1) is 14.4. The second kappa shape index (κ2) is 6.03. The Bertz CT molecular complexity index is 512. The summed E-state index contributed by atoms with van der Waals surface area (Å²) in [7, 11) is 1.47. The molecule has 5 heteroatoms. The number of fused-ring (bicyclic) bond motifs is 1. The molecule has 2 heterocycles. The van der Waals surface area contributed by atoms with Crippen molar-refractivity contribution in [3.63, 3.8) is 0 Å². The zero-order valence-electron chi connectivity index (χ0n) is 12.4. The van der Waals surface area contributed by atoms with Crippen molar-refractivity contribution in [1.29, 1.82) is 0 Å². The van der Waals surface area contributed by atoms with E-state index in [-0.39, 0.29) is 5.97 Å². The molecule has 1 atom stereocenters. The quantitative estimate of drug-likeness (QED) is 0.828. The van der Waals surface area contributed by atoms with Crippen LogP contribution < -0.4 is 10.1 Å². The number of rotatable bonds is 2. The number of methoxy groups -OCH3 is 1.